The Morgan fingerprint density at radius 1 is 0.960 bits per heavy atom. The number of benzene rings is 2. The Bertz CT molecular complexity index is 697. The van der Waals surface area contributed by atoms with Crippen molar-refractivity contribution >= 4 is 5.91 Å². The lowest BCUT2D eigenvalue weighted by Crippen LogP contribution is -2.26. The van der Waals surface area contributed by atoms with Gasteiger partial charge < -0.3 is 19.5 Å². The first-order chi connectivity index (χ1) is 11.9. The van der Waals surface area contributed by atoms with Crippen molar-refractivity contribution in [2.24, 2.45) is 0 Å². The van der Waals surface area contributed by atoms with E-state index in [9.17, 15) is 13.6 Å². The lowest BCUT2D eigenvalue weighted by Gasteiger charge is -2.16. The zero-order chi connectivity index (χ0) is 18.4. The molecule has 2 aromatic carbocycles. The summed E-state index contributed by atoms with van der Waals surface area (Å²) in [6, 6.07) is 10.6. The topological polar surface area (TPSA) is 56.8 Å². The van der Waals surface area contributed by atoms with Gasteiger partial charge in [-0.1, -0.05) is 12.1 Å². The number of rotatable bonds is 7. The molecule has 7 heteroatoms. The molecular weight excluding hydrogens is 332 g/mol. The summed E-state index contributed by atoms with van der Waals surface area (Å²) in [7, 11) is 3.00. The van der Waals surface area contributed by atoms with E-state index in [1.807, 2.05) is 0 Å². The van der Waals surface area contributed by atoms with Gasteiger partial charge in [0.25, 0.3) is 5.91 Å². The van der Waals surface area contributed by atoms with E-state index in [4.69, 9.17) is 9.47 Å². The summed E-state index contributed by atoms with van der Waals surface area (Å²) in [6.45, 7) is -1.08. The van der Waals surface area contributed by atoms with Gasteiger partial charge in [-0.05, 0) is 36.8 Å². The molecule has 1 atom stereocenters. The van der Waals surface area contributed by atoms with Gasteiger partial charge in [-0.25, -0.2) is 0 Å². The Morgan fingerprint density at radius 2 is 1.52 bits per heavy atom. The molecule has 0 saturated heterocycles. The molecule has 2 rings (SSSR count). The third-order valence-electron chi connectivity index (χ3n) is 3.57. The second kappa shape index (κ2) is 8.32. The van der Waals surface area contributed by atoms with Gasteiger partial charge >= 0.3 is 6.61 Å². The van der Waals surface area contributed by atoms with Crippen LogP contribution in [-0.2, 0) is 0 Å². The summed E-state index contributed by atoms with van der Waals surface area (Å²) in [5.41, 5.74) is 1.14. The number of carbonyl (C=O) groups is 1. The number of ether oxygens (including phenoxy) is 3. The molecule has 0 bridgehead atoms. The Kier molecular flexibility index (Phi) is 6.16. The van der Waals surface area contributed by atoms with Crippen LogP contribution in [0.2, 0.25) is 0 Å². The SMILES string of the molecule is COc1cc(OC)cc(C(=O)N[C@@H](C)c2ccc(OC(F)F)cc2)c1. The fourth-order valence-electron chi connectivity index (χ4n) is 2.24. The fraction of sp³-hybridized carbons (Fsp3) is 0.278. The van der Waals surface area contributed by atoms with E-state index in [1.165, 1.54) is 26.4 Å². The summed E-state index contributed by atoms with van der Waals surface area (Å²) < 4.78 is 38.9. The van der Waals surface area contributed by atoms with Crippen LogP contribution in [0.3, 0.4) is 0 Å². The molecule has 5 nitrogen and oxygen atoms in total. The highest BCUT2D eigenvalue weighted by Crippen LogP contribution is 2.24. The number of carbonyl (C=O) groups excluding carboxylic acids is 1. The van der Waals surface area contributed by atoms with Crippen LogP contribution >= 0.6 is 0 Å². The van der Waals surface area contributed by atoms with Gasteiger partial charge in [0.2, 0.25) is 0 Å². The molecule has 25 heavy (non-hydrogen) atoms. The minimum Gasteiger partial charge on any atom is -0.497 e. The molecule has 0 heterocycles. The lowest BCUT2D eigenvalue weighted by molar-refractivity contribution is -0.0498. The molecule has 0 aliphatic heterocycles. The molecule has 2 aromatic rings. The maximum atomic E-state index is 12.4. The van der Waals surface area contributed by atoms with E-state index >= 15 is 0 Å². The van der Waals surface area contributed by atoms with E-state index in [0.29, 0.717) is 17.1 Å². The minimum atomic E-state index is -2.87. The minimum absolute atomic E-state index is 0.0646. The van der Waals surface area contributed by atoms with Crippen molar-refractivity contribution in [3.63, 3.8) is 0 Å². The molecule has 0 radical (unpaired) electrons. The zero-order valence-electron chi connectivity index (χ0n) is 14.1. The highest BCUT2D eigenvalue weighted by atomic mass is 19.3. The van der Waals surface area contributed by atoms with Gasteiger partial charge in [0, 0.05) is 11.6 Å². The summed E-state index contributed by atoms with van der Waals surface area (Å²) in [5, 5.41) is 2.84. The van der Waals surface area contributed by atoms with Crippen LogP contribution < -0.4 is 19.5 Å². The first-order valence-corrected chi connectivity index (χ1v) is 7.51. The molecule has 1 N–H and O–H groups in total. The third kappa shape index (κ3) is 5.07. The Morgan fingerprint density at radius 3 is 2.00 bits per heavy atom. The molecule has 0 saturated carbocycles. The molecule has 0 unspecified atom stereocenters. The van der Waals surface area contributed by atoms with Gasteiger partial charge in [0.15, 0.2) is 0 Å². The third-order valence-corrected chi connectivity index (χ3v) is 3.57. The van der Waals surface area contributed by atoms with Crippen molar-refractivity contribution in [3.8, 4) is 17.2 Å². The summed E-state index contributed by atoms with van der Waals surface area (Å²) in [6.07, 6.45) is 0. The standard InChI is InChI=1S/C18H19F2NO4/c1-11(12-4-6-14(7-5-12)25-18(19)20)21-17(22)13-8-15(23-2)10-16(9-13)24-3/h4-11,18H,1-3H3,(H,21,22)/t11-/m0/s1. The number of hydrogen-bond donors (Lipinski definition) is 1. The highest BCUT2D eigenvalue weighted by molar-refractivity contribution is 5.95. The van der Waals surface area contributed by atoms with Crippen LogP contribution in [-0.4, -0.2) is 26.7 Å². The van der Waals surface area contributed by atoms with Crippen LogP contribution in [0.1, 0.15) is 28.9 Å². The average Bonchev–Trinajstić information content (AvgIpc) is 2.61. The van der Waals surface area contributed by atoms with Crippen molar-refractivity contribution < 1.29 is 27.8 Å². The monoisotopic (exact) mass is 351 g/mol. The maximum Gasteiger partial charge on any atom is 0.387 e. The average molecular weight is 351 g/mol. The predicted molar refractivity (Wildman–Crippen MR) is 88.5 cm³/mol. The summed E-state index contributed by atoms with van der Waals surface area (Å²) >= 11 is 0. The van der Waals surface area contributed by atoms with Crippen LogP contribution in [0.25, 0.3) is 0 Å². The Labute approximate surface area is 144 Å². The second-order valence-electron chi connectivity index (χ2n) is 5.24. The molecule has 134 valence electrons. The molecule has 0 aliphatic rings. The normalized spacial score (nSPS) is 11.8. The van der Waals surface area contributed by atoms with Gasteiger partial charge in [-0.2, -0.15) is 8.78 Å². The van der Waals surface area contributed by atoms with Crippen LogP contribution in [0.4, 0.5) is 8.78 Å². The van der Waals surface area contributed by atoms with Gasteiger partial charge in [0.1, 0.15) is 17.2 Å². The molecule has 0 spiro atoms. The number of methoxy groups -OCH3 is 2. The van der Waals surface area contributed by atoms with Crippen molar-refractivity contribution in [1.29, 1.82) is 0 Å². The van der Waals surface area contributed by atoms with E-state index < -0.39 is 6.61 Å². The number of alkyl halides is 2. The van der Waals surface area contributed by atoms with Crippen molar-refractivity contribution in [3.05, 3.63) is 53.6 Å². The number of hydrogen-bond acceptors (Lipinski definition) is 4. The molecule has 0 aliphatic carbocycles. The summed E-state index contributed by atoms with van der Waals surface area (Å²) in [5.74, 6) is 0.767. The molecule has 1 amide bonds. The smallest absolute Gasteiger partial charge is 0.387 e. The van der Waals surface area contributed by atoms with Gasteiger partial charge in [-0.15, -0.1) is 0 Å². The summed E-state index contributed by atoms with van der Waals surface area (Å²) in [4.78, 5) is 12.4. The fourth-order valence-corrected chi connectivity index (χ4v) is 2.24. The number of halogens is 2. The Hall–Kier alpha value is -2.83. The van der Waals surface area contributed by atoms with Gasteiger partial charge in [-0.3, -0.25) is 4.79 Å². The highest BCUT2D eigenvalue weighted by Gasteiger charge is 2.14. The van der Waals surface area contributed by atoms with Crippen LogP contribution in [0.5, 0.6) is 17.2 Å². The van der Waals surface area contributed by atoms with Gasteiger partial charge in [0.05, 0.1) is 20.3 Å². The van der Waals surface area contributed by atoms with E-state index in [-0.39, 0.29) is 17.7 Å². The molecule has 0 aromatic heterocycles. The van der Waals surface area contributed by atoms with Crippen LogP contribution in [0.15, 0.2) is 42.5 Å². The number of nitrogens with one attached hydrogen (secondary N) is 1. The zero-order valence-corrected chi connectivity index (χ0v) is 14.1. The maximum absolute atomic E-state index is 12.4. The molecule has 0 fully saturated rings. The quantitative estimate of drug-likeness (QED) is 0.824. The first-order valence-electron chi connectivity index (χ1n) is 7.51. The van der Waals surface area contributed by atoms with Crippen LogP contribution in [0, 0.1) is 0 Å². The van der Waals surface area contributed by atoms with Crippen molar-refractivity contribution in [2.45, 2.75) is 19.6 Å². The second-order valence-corrected chi connectivity index (χ2v) is 5.24. The van der Waals surface area contributed by atoms with Crippen molar-refractivity contribution in [2.75, 3.05) is 14.2 Å². The Balaban J connectivity index is 2.09. The lowest BCUT2D eigenvalue weighted by atomic mass is 10.1. The predicted octanol–water partition coefficient (Wildman–Crippen LogP) is 3.80. The van der Waals surface area contributed by atoms with E-state index in [0.717, 1.165) is 5.56 Å². The van der Waals surface area contributed by atoms with E-state index in [1.54, 1.807) is 37.3 Å². The molecular formula is C18H19F2NO4. The van der Waals surface area contributed by atoms with E-state index in [2.05, 4.69) is 10.1 Å². The first kappa shape index (κ1) is 18.5. The largest absolute Gasteiger partial charge is 0.497 e. The number of amides is 1. The van der Waals surface area contributed by atoms with Crippen molar-refractivity contribution in [1.82, 2.24) is 5.32 Å².